The lowest BCUT2D eigenvalue weighted by Gasteiger charge is -2.43. The highest BCUT2D eigenvalue weighted by molar-refractivity contribution is 7.90. The molecule has 1 aliphatic heterocycles. The molecular formula is C48H50N2O6SSi. The first kappa shape index (κ1) is 40.6. The van der Waals surface area contributed by atoms with Crippen molar-refractivity contribution in [3.05, 3.63) is 174 Å². The molecule has 0 aliphatic carbocycles. The third kappa shape index (κ3) is 7.71. The number of carbonyl (C=O) groups is 2. The van der Waals surface area contributed by atoms with Gasteiger partial charge in [0.2, 0.25) is 5.91 Å². The molecule has 0 saturated carbocycles. The number of hydrogen-bond acceptors (Lipinski definition) is 6. The van der Waals surface area contributed by atoms with Gasteiger partial charge in [0.1, 0.15) is 12.6 Å². The molecule has 1 fully saturated rings. The zero-order chi connectivity index (χ0) is 41.2. The maximum Gasteiger partial charge on any atom is 0.417 e. The first-order chi connectivity index (χ1) is 27.7. The number of hydrogen-bond donors (Lipinski definition) is 0. The molecular weight excluding hydrogens is 761 g/mol. The monoisotopic (exact) mass is 810 g/mol. The number of ether oxygens (including phenoxy) is 1. The number of aryl methyl sites for hydroxylation is 1. The van der Waals surface area contributed by atoms with Crippen LogP contribution in [0.2, 0.25) is 5.04 Å². The molecule has 1 aromatic heterocycles. The van der Waals surface area contributed by atoms with E-state index in [0.29, 0.717) is 16.5 Å². The third-order valence-electron chi connectivity index (χ3n) is 11.0. The second-order valence-corrected chi connectivity index (χ2v) is 22.4. The molecule has 1 aliphatic rings. The number of imide groups is 1. The van der Waals surface area contributed by atoms with Crippen LogP contribution < -0.4 is 10.4 Å². The van der Waals surface area contributed by atoms with E-state index in [2.05, 4.69) is 45.0 Å². The molecule has 0 bridgehead atoms. The van der Waals surface area contributed by atoms with Crippen LogP contribution in [0.15, 0.2) is 156 Å². The Morgan fingerprint density at radius 3 is 2.00 bits per heavy atom. The number of carbonyl (C=O) groups excluding carboxylic acids is 2. The first-order valence-corrected chi connectivity index (χ1v) is 23.0. The average Bonchev–Trinajstić information content (AvgIpc) is 3.80. The topological polar surface area (TPSA) is 94.9 Å². The van der Waals surface area contributed by atoms with Crippen molar-refractivity contribution in [2.45, 2.75) is 76.5 Å². The molecule has 7 rings (SSSR count). The van der Waals surface area contributed by atoms with E-state index < -0.39 is 42.3 Å². The van der Waals surface area contributed by atoms with Crippen LogP contribution in [0.5, 0.6) is 0 Å². The molecule has 298 valence electrons. The van der Waals surface area contributed by atoms with Gasteiger partial charge < -0.3 is 9.16 Å². The van der Waals surface area contributed by atoms with Crippen LogP contribution in [-0.2, 0) is 30.6 Å². The largest absolute Gasteiger partial charge is 0.446 e. The van der Waals surface area contributed by atoms with Crippen molar-refractivity contribution in [1.82, 2.24) is 8.87 Å². The van der Waals surface area contributed by atoms with Gasteiger partial charge in [-0.15, -0.1) is 0 Å². The third-order valence-corrected chi connectivity index (χ3v) is 17.7. The molecule has 0 spiro atoms. The van der Waals surface area contributed by atoms with Gasteiger partial charge in [0.05, 0.1) is 17.0 Å². The first-order valence-electron chi connectivity index (χ1n) is 19.6. The zero-order valence-electron chi connectivity index (χ0n) is 33.9. The van der Waals surface area contributed by atoms with Gasteiger partial charge in [-0.2, -0.15) is 0 Å². The Hall–Kier alpha value is -5.55. The van der Waals surface area contributed by atoms with Gasteiger partial charge in [-0.1, -0.05) is 153 Å². The summed E-state index contributed by atoms with van der Waals surface area (Å²) in [6, 6.07) is 42.0. The van der Waals surface area contributed by atoms with Crippen molar-refractivity contribution in [1.29, 1.82) is 0 Å². The molecule has 2 atom stereocenters. The Morgan fingerprint density at radius 1 is 0.845 bits per heavy atom. The summed E-state index contributed by atoms with van der Waals surface area (Å²) in [5.74, 6) is -1.02. The summed E-state index contributed by atoms with van der Waals surface area (Å²) in [6.45, 7) is 12.7. The van der Waals surface area contributed by atoms with Gasteiger partial charge in [0.15, 0.2) is 0 Å². The molecule has 0 N–H and O–H groups in total. The summed E-state index contributed by atoms with van der Waals surface area (Å²) in [6.07, 6.45) is 2.84. The van der Waals surface area contributed by atoms with Gasteiger partial charge in [0, 0.05) is 23.9 Å². The van der Waals surface area contributed by atoms with E-state index in [1.807, 2.05) is 112 Å². The second kappa shape index (κ2) is 16.4. The van der Waals surface area contributed by atoms with E-state index in [-0.39, 0.29) is 29.6 Å². The highest BCUT2D eigenvalue weighted by atomic mass is 32.2. The standard InChI is InChI=1S/C48H50N2O6SSi/c1-34(2)29-38(30-45(51)50-44(33-55-47(50)52)36-17-10-7-11-18-36)42-31-49(57(53,54)39-27-25-35(3)26-28-39)43-24-16-19-37(46(42)43)32-56-58(48(4,5)6,40-20-12-8-13-21-40)41-22-14-9-15-23-41/h7-29,31,38,44H,30,32-33H2,1-6H3/t38-,44+/m0/s1. The minimum atomic E-state index is -4.10. The molecule has 5 aromatic carbocycles. The maximum atomic E-state index is 14.6. The minimum Gasteiger partial charge on any atom is -0.446 e. The molecule has 0 radical (unpaired) electrons. The van der Waals surface area contributed by atoms with Crippen LogP contribution in [0.3, 0.4) is 0 Å². The fourth-order valence-corrected chi connectivity index (χ4v) is 14.2. The molecule has 6 aromatic rings. The van der Waals surface area contributed by atoms with E-state index in [1.54, 1.807) is 30.5 Å². The molecule has 2 heterocycles. The number of aromatic nitrogens is 1. The van der Waals surface area contributed by atoms with Crippen molar-refractivity contribution < 1.29 is 27.2 Å². The molecule has 10 heteroatoms. The Bertz CT molecular complexity index is 2520. The van der Waals surface area contributed by atoms with Crippen LogP contribution in [0, 0.1) is 6.92 Å². The van der Waals surface area contributed by atoms with Crippen molar-refractivity contribution in [2.75, 3.05) is 6.61 Å². The smallest absolute Gasteiger partial charge is 0.417 e. The van der Waals surface area contributed by atoms with Gasteiger partial charge in [0.25, 0.3) is 18.3 Å². The zero-order valence-corrected chi connectivity index (χ0v) is 35.7. The number of fused-ring (bicyclic) bond motifs is 1. The minimum absolute atomic E-state index is 0.0553. The Morgan fingerprint density at radius 2 is 1.43 bits per heavy atom. The van der Waals surface area contributed by atoms with E-state index in [1.165, 1.54) is 8.87 Å². The Kier molecular flexibility index (Phi) is 11.5. The van der Waals surface area contributed by atoms with Crippen LogP contribution in [0.4, 0.5) is 4.79 Å². The number of amides is 2. The predicted octanol–water partition coefficient (Wildman–Crippen LogP) is 9.42. The van der Waals surface area contributed by atoms with Crippen molar-refractivity contribution >= 4 is 51.6 Å². The van der Waals surface area contributed by atoms with Crippen molar-refractivity contribution in [2.24, 2.45) is 0 Å². The number of rotatable bonds is 12. The summed E-state index contributed by atoms with van der Waals surface area (Å²) in [5, 5.41) is 2.64. The summed E-state index contributed by atoms with van der Waals surface area (Å²) in [5.41, 5.74) is 4.58. The number of cyclic esters (lactones) is 1. The van der Waals surface area contributed by atoms with E-state index in [0.717, 1.165) is 32.6 Å². The van der Waals surface area contributed by atoms with Gasteiger partial charge in [-0.05, 0) is 71.1 Å². The van der Waals surface area contributed by atoms with E-state index in [9.17, 15) is 18.0 Å². The fraction of sp³-hybridized carbons (Fsp3) is 0.250. The fourth-order valence-electron chi connectivity index (χ4n) is 8.30. The SMILES string of the molecule is CC(C)=C[C@@H](CC(=O)N1C(=O)OC[C@@H]1c1ccccc1)c1cn(S(=O)(=O)c2ccc(C)cc2)c2cccc(CO[Si](c3ccccc3)(c3ccccc3)C(C)(C)C)c12. The molecule has 1 saturated heterocycles. The number of benzene rings is 5. The highest BCUT2D eigenvalue weighted by Crippen LogP contribution is 2.41. The molecule has 58 heavy (non-hydrogen) atoms. The van der Waals surface area contributed by atoms with Gasteiger partial charge in [-0.3, -0.25) is 4.79 Å². The second-order valence-electron chi connectivity index (χ2n) is 16.3. The lowest BCUT2D eigenvalue weighted by molar-refractivity contribution is -0.129. The van der Waals surface area contributed by atoms with Crippen LogP contribution in [0.1, 0.15) is 75.3 Å². The average molecular weight is 811 g/mol. The van der Waals surface area contributed by atoms with Crippen LogP contribution >= 0.6 is 0 Å². The van der Waals surface area contributed by atoms with Crippen molar-refractivity contribution in [3.8, 4) is 0 Å². The summed E-state index contributed by atoms with van der Waals surface area (Å²) < 4.78 is 43.4. The molecule has 0 unspecified atom stereocenters. The van der Waals surface area contributed by atoms with E-state index in [4.69, 9.17) is 9.16 Å². The number of nitrogens with zero attached hydrogens (tertiary/aromatic N) is 2. The van der Waals surface area contributed by atoms with Crippen molar-refractivity contribution in [3.63, 3.8) is 0 Å². The number of allylic oxidation sites excluding steroid dienone is 2. The Labute approximate surface area is 342 Å². The predicted molar refractivity (Wildman–Crippen MR) is 232 cm³/mol. The lowest BCUT2D eigenvalue weighted by atomic mass is 9.91. The molecule has 2 amide bonds. The van der Waals surface area contributed by atoms with Crippen LogP contribution in [0.25, 0.3) is 10.9 Å². The Balaban J connectivity index is 1.40. The maximum absolute atomic E-state index is 14.6. The summed E-state index contributed by atoms with van der Waals surface area (Å²) in [4.78, 5) is 29.0. The van der Waals surface area contributed by atoms with Crippen LogP contribution in [-0.4, -0.2) is 44.2 Å². The normalized spacial score (nSPS) is 15.3. The van der Waals surface area contributed by atoms with Gasteiger partial charge >= 0.3 is 6.09 Å². The highest BCUT2D eigenvalue weighted by Gasteiger charge is 2.50. The van der Waals surface area contributed by atoms with E-state index >= 15 is 0 Å². The summed E-state index contributed by atoms with van der Waals surface area (Å²) in [7, 11) is -7.12. The molecule has 8 nitrogen and oxygen atoms in total. The lowest BCUT2D eigenvalue weighted by Crippen LogP contribution is -2.66. The quantitative estimate of drug-likeness (QED) is 0.0904. The van der Waals surface area contributed by atoms with Gasteiger partial charge in [-0.25, -0.2) is 22.1 Å². The summed E-state index contributed by atoms with van der Waals surface area (Å²) >= 11 is 0.